The molecule has 0 aliphatic rings. The predicted molar refractivity (Wildman–Crippen MR) is 213 cm³/mol. The third kappa shape index (κ3) is 5.87. The average molecular weight is 661 g/mol. The van der Waals surface area contributed by atoms with E-state index in [4.69, 9.17) is 11.8 Å². The van der Waals surface area contributed by atoms with Crippen LogP contribution in [0.1, 0.15) is 23.5 Å². The third-order valence-electron chi connectivity index (χ3n) is 9.92. The Labute approximate surface area is 305 Å². The zero-order chi connectivity index (χ0) is 38.3. The highest BCUT2D eigenvalue weighted by Crippen LogP contribution is 2.40. The van der Waals surface area contributed by atoms with Gasteiger partial charge in [0.15, 0.2) is 0 Å². The van der Waals surface area contributed by atoms with Crippen molar-refractivity contribution in [2.75, 3.05) is 0 Å². The number of aromatic nitrogens is 3. The lowest BCUT2D eigenvalue weighted by Crippen LogP contribution is -2.06. The lowest BCUT2D eigenvalue weighted by atomic mass is 9.86. The van der Waals surface area contributed by atoms with Crippen molar-refractivity contribution < 1.29 is 6.85 Å². The SMILES string of the molecule is [2H]c1c([2H])c([2H])c(-c2nc3ccccc3n2CCc2ccccc2CCc2c3ccccc3c(-c3ccc(-c4ccccn4)cc3)c3ccccc23)c([2H])c1[2H]. The molecule has 0 fully saturated rings. The second-order valence-electron chi connectivity index (χ2n) is 12.8. The van der Waals surface area contributed by atoms with Gasteiger partial charge in [-0.15, -0.1) is 0 Å². The van der Waals surface area contributed by atoms with Crippen molar-refractivity contribution in [2.45, 2.75) is 25.8 Å². The smallest absolute Gasteiger partial charge is 0.141 e. The van der Waals surface area contributed by atoms with E-state index in [-0.39, 0.29) is 29.7 Å². The Morgan fingerprint density at radius 1 is 0.510 bits per heavy atom. The van der Waals surface area contributed by atoms with E-state index < -0.39 is 6.04 Å². The maximum Gasteiger partial charge on any atom is 0.141 e. The van der Waals surface area contributed by atoms with Gasteiger partial charge in [0, 0.05) is 23.9 Å². The molecule has 2 aromatic heterocycles. The van der Waals surface area contributed by atoms with E-state index in [1.165, 1.54) is 49.4 Å². The largest absolute Gasteiger partial charge is 0.324 e. The summed E-state index contributed by atoms with van der Waals surface area (Å²) in [5, 5.41) is 4.96. The quantitative estimate of drug-likeness (QED) is 0.144. The summed E-state index contributed by atoms with van der Waals surface area (Å²) < 4.78 is 44.2. The molecule has 7 aromatic carbocycles. The third-order valence-corrected chi connectivity index (χ3v) is 9.92. The molecule has 0 saturated heterocycles. The van der Waals surface area contributed by atoms with Gasteiger partial charge in [-0.2, -0.15) is 0 Å². The van der Waals surface area contributed by atoms with Gasteiger partial charge in [0.2, 0.25) is 0 Å². The number of rotatable bonds is 9. The lowest BCUT2D eigenvalue weighted by molar-refractivity contribution is 0.717. The maximum atomic E-state index is 8.70. The van der Waals surface area contributed by atoms with E-state index in [2.05, 4.69) is 102 Å². The Morgan fingerprint density at radius 2 is 1.12 bits per heavy atom. The zero-order valence-electron chi connectivity index (χ0n) is 33.0. The van der Waals surface area contributed by atoms with Gasteiger partial charge in [0.05, 0.1) is 23.6 Å². The molecule has 0 unspecified atom stereocenters. The fraction of sp³-hybridized carbons (Fsp3) is 0.0833. The highest BCUT2D eigenvalue weighted by atomic mass is 15.1. The Morgan fingerprint density at radius 3 is 1.82 bits per heavy atom. The summed E-state index contributed by atoms with van der Waals surface area (Å²) in [6.45, 7) is 0.523. The second-order valence-corrected chi connectivity index (χ2v) is 12.8. The lowest BCUT2D eigenvalue weighted by Gasteiger charge is -2.18. The number of pyridine rings is 1. The molecule has 0 aliphatic carbocycles. The molecule has 0 aliphatic heterocycles. The van der Waals surface area contributed by atoms with Gasteiger partial charge in [0.1, 0.15) is 5.82 Å². The first-order chi connectivity index (χ1) is 27.4. The first-order valence-electron chi connectivity index (χ1n) is 19.9. The van der Waals surface area contributed by atoms with Crippen LogP contribution in [-0.2, 0) is 25.8 Å². The summed E-state index contributed by atoms with van der Waals surface area (Å²) in [6.07, 6.45) is 4.19. The van der Waals surface area contributed by atoms with Crippen LogP contribution in [-0.4, -0.2) is 14.5 Å². The van der Waals surface area contributed by atoms with Crippen molar-refractivity contribution >= 4 is 32.6 Å². The van der Waals surface area contributed by atoms with Gasteiger partial charge < -0.3 is 4.57 Å². The van der Waals surface area contributed by atoms with E-state index in [0.29, 0.717) is 24.3 Å². The molecule has 9 rings (SSSR count). The molecule has 0 N–H and O–H groups in total. The van der Waals surface area contributed by atoms with Gasteiger partial charge in [-0.1, -0.05) is 145 Å². The normalized spacial score (nSPS) is 12.8. The van der Waals surface area contributed by atoms with Crippen molar-refractivity contribution in [3.63, 3.8) is 0 Å². The summed E-state index contributed by atoms with van der Waals surface area (Å²) in [4.78, 5) is 9.37. The first kappa shape index (κ1) is 25.6. The molecular weight excluding hydrogens is 619 g/mol. The van der Waals surface area contributed by atoms with Crippen LogP contribution in [0.15, 0.2) is 176 Å². The molecule has 0 bridgehead atoms. The molecule has 244 valence electrons. The van der Waals surface area contributed by atoms with Gasteiger partial charge in [-0.05, 0) is 92.9 Å². The van der Waals surface area contributed by atoms with E-state index in [0.717, 1.165) is 29.6 Å². The van der Waals surface area contributed by atoms with Gasteiger partial charge in [-0.25, -0.2) is 4.98 Å². The summed E-state index contributed by atoms with van der Waals surface area (Å²) in [7, 11) is 0. The Kier molecular flexibility index (Phi) is 6.80. The fourth-order valence-corrected chi connectivity index (χ4v) is 7.53. The van der Waals surface area contributed by atoms with Crippen LogP contribution in [0.2, 0.25) is 0 Å². The molecular formula is C48H37N3. The fourth-order valence-electron chi connectivity index (χ4n) is 7.53. The number of fused-ring (bicyclic) bond motifs is 3. The maximum absolute atomic E-state index is 8.70. The van der Waals surface area contributed by atoms with Gasteiger partial charge >= 0.3 is 0 Å². The number of hydrogen-bond donors (Lipinski definition) is 0. The number of benzene rings is 7. The number of hydrogen-bond acceptors (Lipinski definition) is 2. The minimum Gasteiger partial charge on any atom is -0.324 e. The number of nitrogens with zero attached hydrogens (tertiary/aromatic N) is 3. The van der Waals surface area contributed by atoms with E-state index >= 15 is 0 Å². The molecule has 3 nitrogen and oxygen atoms in total. The molecule has 9 aromatic rings. The van der Waals surface area contributed by atoms with E-state index in [1.54, 1.807) is 0 Å². The van der Waals surface area contributed by atoms with Crippen LogP contribution in [0.4, 0.5) is 0 Å². The highest BCUT2D eigenvalue weighted by Gasteiger charge is 2.17. The van der Waals surface area contributed by atoms with Crippen LogP contribution < -0.4 is 0 Å². The Hall–Kier alpha value is -6.32. The minimum absolute atomic E-state index is 0.117. The van der Waals surface area contributed by atoms with Crippen molar-refractivity contribution in [3.05, 3.63) is 193 Å². The average Bonchev–Trinajstić information content (AvgIpc) is 3.61. The van der Waals surface area contributed by atoms with Crippen LogP contribution in [0.5, 0.6) is 0 Å². The van der Waals surface area contributed by atoms with Crippen LogP contribution >= 0.6 is 0 Å². The topological polar surface area (TPSA) is 30.7 Å². The van der Waals surface area contributed by atoms with E-state index in [9.17, 15) is 0 Å². The molecule has 3 heteroatoms. The molecule has 0 atom stereocenters. The van der Waals surface area contributed by atoms with Crippen molar-refractivity contribution in [1.82, 2.24) is 14.5 Å². The monoisotopic (exact) mass is 660 g/mol. The van der Waals surface area contributed by atoms with Crippen LogP contribution in [0, 0.1) is 0 Å². The molecule has 0 radical (unpaired) electrons. The molecule has 51 heavy (non-hydrogen) atoms. The van der Waals surface area contributed by atoms with Gasteiger partial charge in [0.25, 0.3) is 0 Å². The Balaban J connectivity index is 1.06. The predicted octanol–water partition coefficient (Wildman–Crippen LogP) is 11.8. The molecule has 0 amide bonds. The van der Waals surface area contributed by atoms with Crippen molar-refractivity contribution in [2.24, 2.45) is 0 Å². The van der Waals surface area contributed by atoms with Crippen LogP contribution in [0.3, 0.4) is 0 Å². The molecule has 0 saturated carbocycles. The second kappa shape index (κ2) is 13.5. The summed E-state index contributed by atoms with van der Waals surface area (Å²) >= 11 is 0. The zero-order valence-corrected chi connectivity index (χ0v) is 28.0. The highest BCUT2D eigenvalue weighted by molar-refractivity contribution is 6.15. The Bertz CT molecular complexity index is 2830. The summed E-state index contributed by atoms with van der Waals surface area (Å²) in [5.74, 6) is 0.380. The number of aryl methyl sites for hydroxylation is 4. The standard InChI is InChI=1S/C48H37N3/c1-2-16-38(17-3-1)48-50-45-23-10-11-24-46(45)51(48)33-31-35-15-5-4-14-34(35)29-30-41-39-18-6-8-20-42(39)47(43-21-9-7-19-40(41)43)37-27-25-36(26-28-37)44-22-12-13-32-49-44/h1-28,32H,29-31,33H2/i1D,2D,3D,16D,17D. The minimum atomic E-state index is -0.411. The summed E-state index contributed by atoms with van der Waals surface area (Å²) in [6, 6.07) is 46.8. The summed E-state index contributed by atoms with van der Waals surface area (Å²) in [5.41, 5.74) is 9.92. The van der Waals surface area contributed by atoms with Crippen LogP contribution in [0.25, 0.3) is 66.4 Å². The van der Waals surface area contributed by atoms with Crippen molar-refractivity contribution in [3.8, 4) is 33.8 Å². The molecule has 2 heterocycles. The number of imidazole rings is 1. The van der Waals surface area contributed by atoms with Crippen molar-refractivity contribution in [1.29, 1.82) is 0 Å². The first-order valence-corrected chi connectivity index (χ1v) is 17.4. The molecule has 0 spiro atoms. The van der Waals surface area contributed by atoms with E-state index in [1.807, 2.05) is 53.2 Å². The number of para-hydroxylation sites is 2. The van der Waals surface area contributed by atoms with Gasteiger partial charge in [-0.3, -0.25) is 4.98 Å².